The molecule has 7 heteroatoms. The SMILES string of the molecule is COc1ccc(N2CCN(c3ncnc(Cl)c3C=O)CC2)cc1. The summed E-state index contributed by atoms with van der Waals surface area (Å²) < 4.78 is 5.18. The van der Waals surface area contributed by atoms with Crippen LogP contribution in [0.1, 0.15) is 10.4 Å². The fourth-order valence-corrected chi connectivity index (χ4v) is 2.86. The Labute approximate surface area is 139 Å². The highest BCUT2D eigenvalue weighted by atomic mass is 35.5. The highest BCUT2D eigenvalue weighted by Crippen LogP contribution is 2.25. The van der Waals surface area contributed by atoms with E-state index in [1.165, 1.54) is 6.33 Å². The van der Waals surface area contributed by atoms with Crippen LogP contribution in [-0.4, -0.2) is 49.5 Å². The molecule has 0 saturated carbocycles. The van der Waals surface area contributed by atoms with Crippen LogP contribution in [0, 0.1) is 0 Å². The summed E-state index contributed by atoms with van der Waals surface area (Å²) in [4.78, 5) is 23.7. The second-order valence-corrected chi connectivity index (χ2v) is 5.55. The zero-order chi connectivity index (χ0) is 16.2. The fraction of sp³-hybridized carbons (Fsp3) is 0.312. The van der Waals surface area contributed by atoms with Gasteiger partial charge in [0.05, 0.1) is 12.7 Å². The molecule has 1 aliphatic heterocycles. The van der Waals surface area contributed by atoms with Crippen molar-refractivity contribution >= 4 is 29.4 Å². The Hall–Kier alpha value is -2.34. The zero-order valence-electron chi connectivity index (χ0n) is 12.8. The van der Waals surface area contributed by atoms with Gasteiger partial charge in [0.2, 0.25) is 0 Å². The first-order valence-electron chi connectivity index (χ1n) is 7.32. The van der Waals surface area contributed by atoms with Crippen molar-refractivity contribution in [2.75, 3.05) is 43.1 Å². The third-order valence-electron chi connectivity index (χ3n) is 3.95. The maximum absolute atomic E-state index is 11.2. The van der Waals surface area contributed by atoms with E-state index < -0.39 is 0 Å². The Morgan fingerprint density at radius 1 is 1.09 bits per heavy atom. The van der Waals surface area contributed by atoms with Crippen molar-refractivity contribution in [2.45, 2.75) is 0 Å². The molecule has 1 saturated heterocycles. The number of hydrogen-bond donors (Lipinski definition) is 0. The second-order valence-electron chi connectivity index (χ2n) is 5.19. The molecule has 2 heterocycles. The van der Waals surface area contributed by atoms with Crippen molar-refractivity contribution in [3.05, 3.63) is 41.3 Å². The maximum Gasteiger partial charge on any atom is 0.156 e. The molecule has 3 rings (SSSR count). The van der Waals surface area contributed by atoms with Gasteiger partial charge in [0, 0.05) is 31.9 Å². The molecule has 0 amide bonds. The number of ether oxygens (including phenoxy) is 1. The fourth-order valence-electron chi connectivity index (χ4n) is 2.69. The van der Waals surface area contributed by atoms with Crippen LogP contribution in [0.25, 0.3) is 0 Å². The molecule has 0 bridgehead atoms. The van der Waals surface area contributed by atoms with E-state index in [4.69, 9.17) is 16.3 Å². The number of benzene rings is 1. The Balaban J connectivity index is 1.71. The minimum absolute atomic E-state index is 0.197. The van der Waals surface area contributed by atoms with Crippen molar-refractivity contribution in [3.63, 3.8) is 0 Å². The lowest BCUT2D eigenvalue weighted by atomic mass is 10.2. The first-order valence-corrected chi connectivity index (χ1v) is 7.70. The Morgan fingerprint density at radius 3 is 2.35 bits per heavy atom. The lowest BCUT2D eigenvalue weighted by molar-refractivity contribution is 0.112. The van der Waals surface area contributed by atoms with Crippen molar-refractivity contribution in [3.8, 4) is 5.75 Å². The molecule has 1 aliphatic rings. The quantitative estimate of drug-likeness (QED) is 0.632. The number of methoxy groups -OCH3 is 1. The molecule has 0 N–H and O–H groups in total. The normalized spacial score (nSPS) is 14.7. The van der Waals surface area contributed by atoms with Gasteiger partial charge in [-0.1, -0.05) is 11.6 Å². The van der Waals surface area contributed by atoms with Crippen molar-refractivity contribution in [2.24, 2.45) is 0 Å². The Kier molecular flexibility index (Phi) is 4.62. The summed E-state index contributed by atoms with van der Waals surface area (Å²) in [5, 5.41) is 0.197. The number of carbonyl (C=O) groups is 1. The van der Waals surface area contributed by atoms with Gasteiger partial charge in [-0.2, -0.15) is 0 Å². The van der Waals surface area contributed by atoms with E-state index in [1.54, 1.807) is 7.11 Å². The molecule has 1 aromatic heterocycles. The van der Waals surface area contributed by atoms with Crippen molar-refractivity contribution in [1.29, 1.82) is 0 Å². The molecule has 23 heavy (non-hydrogen) atoms. The molecule has 6 nitrogen and oxygen atoms in total. The van der Waals surface area contributed by atoms with Crippen LogP contribution in [0.2, 0.25) is 5.15 Å². The van der Waals surface area contributed by atoms with Gasteiger partial charge in [-0.05, 0) is 24.3 Å². The number of aldehydes is 1. The molecule has 0 radical (unpaired) electrons. The largest absolute Gasteiger partial charge is 0.497 e. The number of hydrogen-bond acceptors (Lipinski definition) is 6. The monoisotopic (exact) mass is 332 g/mol. The molecule has 0 spiro atoms. The predicted octanol–water partition coefficient (Wildman–Crippen LogP) is 2.28. The third-order valence-corrected chi connectivity index (χ3v) is 4.25. The average Bonchev–Trinajstić information content (AvgIpc) is 2.62. The van der Waals surface area contributed by atoms with Gasteiger partial charge < -0.3 is 14.5 Å². The smallest absolute Gasteiger partial charge is 0.156 e. The van der Waals surface area contributed by atoms with Crippen LogP contribution in [0.3, 0.4) is 0 Å². The second kappa shape index (κ2) is 6.83. The lowest BCUT2D eigenvalue weighted by Crippen LogP contribution is -2.47. The Bertz CT molecular complexity index is 685. The average molecular weight is 333 g/mol. The number of nitrogens with zero attached hydrogens (tertiary/aromatic N) is 4. The molecule has 120 valence electrons. The van der Waals surface area contributed by atoms with Crippen molar-refractivity contribution < 1.29 is 9.53 Å². The van der Waals surface area contributed by atoms with E-state index in [1.807, 2.05) is 24.3 Å². The molecule has 2 aromatic rings. The van der Waals surface area contributed by atoms with Crippen LogP contribution in [0.15, 0.2) is 30.6 Å². The van der Waals surface area contributed by atoms with E-state index >= 15 is 0 Å². The van der Waals surface area contributed by atoms with Crippen LogP contribution in [-0.2, 0) is 0 Å². The van der Waals surface area contributed by atoms with Gasteiger partial charge in [0.15, 0.2) is 6.29 Å². The van der Waals surface area contributed by atoms with Gasteiger partial charge in [-0.25, -0.2) is 9.97 Å². The number of halogens is 1. The summed E-state index contributed by atoms with van der Waals surface area (Å²) in [6.45, 7) is 3.21. The van der Waals surface area contributed by atoms with E-state index in [0.29, 0.717) is 17.7 Å². The number of piperazine rings is 1. The number of aromatic nitrogens is 2. The van der Waals surface area contributed by atoms with E-state index in [2.05, 4.69) is 19.8 Å². The lowest BCUT2D eigenvalue weighted by Gasteiger charge is -2.37. The minimum Gasteiger partial charge on any atom is -0.497 e. The first-order chi connectivity index (χ1) is 11.2. The topological polar surface area (TPSA) is 58.6 Å². The number of rotatable bonds is 4. The van der Waals surface area contributed by atoms with Gasteiger partial charge in [0.25, 0.3) is 0 Å². The molecular formula is C16H17ClN4O2. The number of carbonyl (C=O) groups excluding carboxylic acids is 1. The summed E-state index contributed by atoms with van der Waals surface area (Å²) in [6.07, 6.45) is 2.11. The standard InChI is InChI=1S/C16H17ClN4O2/c1-23-13-4-2-12(3-5-13)20-6-8-21(9-7-20)16-14(10-22)15(17)18-11-19-16/h2-5,10-11H,6-9H2,1H3. The minimum atomic E-state index is 0.197. The summed E-state index contributed by atoms with van der Waals surface area (Å²) in [5.41, 5.74) is 1.51. The predicted molar refractivity (Wildman–Crippen MR) is 89.8 cm³/mol. The zero-order valence-corrected chi connectivity index (χ0v) is 13.5. The van der Waals surface area contributed by atoms with Crippen LogP contribution in [0.5, 0.6) is 5.75 Å². The summed E-state index contributed by atoms with van der Waals surface area (Å²) in [7, 11) is 1.66. The summed E-state index contributed by atoms with van der Waals surface area (Å²) >= 11 is 5.97. The van der Waals surface area contributed by atoms with E-state index in [0.717, 1.165) is 37.6 Å². The highest BCUT2D eigenvalue weighted by Gasteiger charge is 2.22. The van der Waals surface area contributed by atoms with E-state index in [9.17, 15) is 4.79 Å². The molecular weight excluding hydrogens is 316 g/mol. The molecule has 1 aromatic carbocycles. The first kappa shape index (κ1) is 15.6. The van der Waals surface area contributed by atoms with Gasteiger partial charge in [-0.3, -0.25) is 4.79 Å². The highest BCUT2D eigenvalue weighted by molar-refractivity contribution is 6.32. The summed E-state index contributed by atoms with van der Waals surface area (Å²) in [6, 6.07) is 8.01. The van der Waals surface area contributed by atoms with Gasteiger partial charge >= 0.3 is 0 Å². The Morgan fingerprint density at radius 2 is 1.74 bits per heavy atom. The van der Waals surface area contributed by atoms with Gasteiger partial charge in [-0.15, -0.1) is 0 Å². The van der Waals surface area contributed by atoms with Crippen molar-refractivity contribution in [1.82, 2.24) is 9.97 Å². The molecule has 0 atom stereocenters. The van der Waals surface area contributed by atoms with E-state index in [-0.39, 0.29) is 5.15 Å². The molecule has 0 unspecified atom stereocenters. The number of anilines is 2. The molecule has 0 aliphatic carbocycles. The van der Waals surface area contributed by atoms with Crippen LogP contribution < -0.4 is 14.5 Å². The van der Waals surface area contributed by atoms with Gasteiger partial charge in [0.1, 0.15) is 23.0 Å². The van der Waals surface area contributed by atoms with Crippen LogP contribution in [0.4, 0.5) is 11.5 Å². The molecule has 1 fully saturated rings. The van der Waals surface area contributed by atoms with Crippen LogP contribution >= 0.6 is 11.6 Å². The third kappa shape index (κ3) is 3.22. The maximum atomic E-state index is 11.2. The summed E-state index contributed by atoms with van der Waals surface area (Å²) in [5.74, 6) is 1.45.